The van der Waals surface area contributed by atoms with Gasteiger partial charge in [0.15, 0.2) is 0 Å². The molecule has 2 aromatic rings. The van der Waals surface area contributed by atoms with E-state index in [4.69, 9.17) is 10.5 Å². The summed E-state index contributed by atoms with van der Waals surface area (Å²) in [6.45, 7) is 2.38. The van der Waals surface area contributed by atoms with Gasteiger partial charge in [-0.15, -0.1) is 22.7 Å². The third kappa shape index (κ3) is 4.70. The monoisotopic (exact) mass is 310 g/mol. The highest BCUT2D eigenvalue weighted by Gasteiger charge is 2.04. The number of rotatable bonds is 7. The van der Waals surface area contributed by atoms with Crippen LogP contribution in [0.25, 0.3) is 0 Å². The number of nitrogens with two attached hydrogens (primary N) is 1. The summed E-state index contributed by atoms with van der Waals surface area (Å²) in [5.41, 5.74) is 6.34. The lowest BCUT2D eigenvalue weighted by atomic mass is 10.2. The maximum Gasteiger partial charge on any atom is 0.319 e. The molecule has 0 aliphatic heterocycles. The molecular weight excluding hydrogens is 292 g/mol. The van der Waals surface area contributed by atoms with E-state index in [1.807, 2.05) is 6.92 Å². The Morgan fingerprint density at radius 2 is 2.05 bits per heavy atom. The number of carbonyl (C=O) groups excluding carboxylic acids is 1. The molecule has 0 unspecified atom stereocenters. The highest BCUT2D eigenvalue weighted by Crippen LogP contribution is 2.19. The van der Waals surface area contributed by atoms with Crippen molar-refractivity contribution in [1.82, 2.24) is 4.98 Å². The van der Waals surface area contributed by atoms with Crippen molar-refractivity contribution in [3.63, 3.8) is 0 Å². The van der Waals surface area contributed by atoms with Gasteiger partial charge >= 0.3 is 5.97 Å². The van der Waals surface area contributed by atoms with Crippen molar-refractivity contribution < 1.29 is 9.53 Å². The van der Waals surface area contributed by atoms with E-state index >= 15 is 0 Å². The number of hydrogen-bond donors (Lipinski definition) is 1. The minimum Gasteiger partial charge on any atom is -0.464 e. The molecule has 2 aromatic heterocycles. The first kappa shape index (κ1) is 15.2. The summed E-state index contributed by atoms with van der Waals surface area (Å²) < 4.78 is 4.97. The number of ether oxygens (including phenoxy) is 1. The first-order valence-corrected chi connectivity index (χ1v) is 8.21. The van der Waals surface area contributed by atoms with Crippen molar-refractivity contribution in [3.8, 4) is 0 Å². The summed E-state index contributed by atoms with van der Waals surface area (Å²) >= 11 is 3.47. The molecule has 0 spiro atoms. The van der Waals surface area contributed by atoms with Gasteiger partial charge in [-0.3, -0.25) is 4.79 Å². The van der Waals surface area contributed by atoms with Crippen LogP contribution in [0.15, 0.2) is 17.5 Å². The van der Waals surface area contributed by atoms with Crippen LogP contribution in [0.4, 0.5) is 0 Å². The maximum absolute atomic E-state index is 10.9. The lowest BCUT2D eigenvalue weighted by molar-refractivity contribution is -0.141. The third-order valence-corrected chi connectivity index (χ3v) is 4.82. The Kier molecular flexibility index (Phi) is 5.70. The van der Waals surface area contributed by atoms with E-state index in [1.54, 1.807) is 22.7 Å². The fraction of sp³-hybridized carbons (Fsp3) is 0.429. The van der Waals surface area contributed by atoms with Crippen molar-refractivity contribution in [2.45, 2.75) is 26.2 Å². The molecule has 0 saturated heterocycles. The molecule has 2 rings (SSSR count). The van der Waals surface area contributed by atoms with Crippen LogP contribution in [0.1, 0.15) is 20.5 Å². The number of thiazole rings is 1. The highest BCUT2D eigenvalue weighted by atomic mass is 32.1. The second kappa shape index (κ2) is 7.52. The Bertz CT molecular complexity index is 563. The fourth-order valence-corrected chi connectivity index (χ4v) is 3.44. The van der Waals surface area contributed by atoms with Crippen LogP contribution in [-0.4, -0.2) is 24.1 Å². The van der Waals surface area contributed by atoms with Crippen molar-refractivity contribution in [2.24, 2.45) is 5.73 Å². The maximum atomic E-state index is 10.9. The predicted molar refractivity (Wildman–Crippen MR) is 82.3 cm³/mol. The van der Waals surface area contributed by atoms with Crippen molar-refractivity contribution in [1.29, 1.82) is 0 Å². The molecule has 4 nitrogen and oxygen atoms in total. The summed E-state index contributed by atoms with van der Waals surface area (Å²) in [7, 11) is 0. The van der Waals surface area contributed by atoms with Crippen LogP contribution < -0.4 is 5.73 Å². The number of thiophene rings is 1. The summed E-state index contributed by atoms with van der Waals surface area (Å²) in [5.74, 6) is -0.347. The Hall–Kier alpha value is -1.24. The molecule has 2 N–H and O–H groups in total. The zero-order valence-corrected chi connectivity index (χ0v) is 13.1. The predicted octanol–water partition coefficient (Wildman–Crippen LogP) is 2.34. The van der Waals surface area contributed by atoms with Gasteiger partial charge in [-0.2, -0.15) is 0 Å². The van der Waals surface area contributed by atoms with E-state index in [2.05, 4.69) is 22.5 Å². The van der Waals surface area contributed by atoms with Gasteiger partial charge in [-0.05, 0) is 31.9 Å². The number of carbonyl (C=O) groups is 1. The summed E-state index contributed by atoms with van der Waals surface area (Å²) in [6.07, 6.45) is 2.75. The topological polar surface area (TPSA) is 65.2 Å². The molecule has 0 saturated carbocycles. The number of hydrogen-bond acceptors (Lipinski definition) is 6. The molecule has 108 valence electrons. The van der Waals surface area contributed by atoms with Crippen LogP contribution in [0.5, 0.6) is 0 Å². The second-order valence-corrected chi connectivity index (χ2v) is 6.72. The van der Waals surface area contributed by atoms with Crippen LogP contribution in [0.2, 0.25) is 0 Å². The minimum absolute atomic E-state index is 0.0528. The molecule has 0 aliphatic rings. The molecule has 2 heterocycles. The highest BCUT2D eigenvalue weighted by molar-refractivity contribution is 7.12. The van der Waals surface area contributed by atoms with E-state index in [1.165, 1.54) is 15.4 Å². The number of esters is 1. The average molecular weight is 310 g/mol. The molecule has 0 atom stereocenters. The van der Waals surface area contributed by atoms with Gasteiger partial charge in [0.25, 0.3) is 0 Å². The minimum atomic E-state index is -0.347. The zero-order chi connectivity index (χ0) is 14.4. The lowest BCUT2D eigenvalue weighted by Gasteiger charge is -2.00. The van der Waals surface area contributed by atoms with Crippen LogP contribution in [0.3, 0.4) is 0 Å². The standard InChI is InChI=1S/C14H18N2O2S2/c1-10-16-11(9-19-10)2-3-12-4-5-13(20-12)6-7-18-14(17)8-15/h4-5,9H,2-3,6-8,15H2,1H3. The average Bonchev–Trinajstić information content (AvgIpc) is 3.05. The van der Waals surface area contributed by atoms with E-state index in [0.717, 1.165) is 24.3 Å². The van der Waals surface area contributed by atoms with Gasteiger partial charge < -0.3 is 10.5 Å². The normalized spacial score (nSPS) is 10.7. The van der Waals surface area contributed by atoms with Crippen molar-refractivity contribution in [2.75, 3.05) is 13.2 Å². The number of aromatic nitrogens is 1. The number of aryl methyl sites for hydroxylation is 3. The Morgan fingerprint density at radius 1 is 1.30 bits per heavy atom. The van der Waals surface area contributed by atoms with Gasteiger partial charge in [0, 0.05) is 21.6 Å². The van der Waals surface area contributed by atoms with E-state index in [0.29, 0.717) is 6.61 Å². The van der Waals surface area contributed by atoms with Crippen LogP contribution in [0, 0.1) is 6.92 Å². The molecule has 20 heavy (non-hydrogen) atoms. The van der Waals surface area contributed by atoms with Gasteiger partial charge in [0.05, 0.1) is 23.9 Å². The molecule has 0 aromatic carbocycles. The molecule has 0 aliphatic carbocycles. The second-order valence-electron chi connectivity index (χ2n) is 4.40. The molecule has 6 heteroatoms. The van der Waals surface area contributed by atoms with Gasteiger partial charge in [0.2, 0.25) is 0 Å². The van der Waals surface area contributed by atoms with Crippen molar-refractivity contribution in [3.05, 3.63) is 38.0 Å². The Morgan fingerprint density at radius 3 is 2.70 bits per heavy atom. The smallest absolute Gasteiger partial charge is 0.319 e. The zero-order valence-electron chi connectivity index (χ0n) is 11.4. The van der Waals surface area contributed by atoms with E-state index in [-0.39, 0.29) is 12.5 Å². The summed E-state index contributed by atoms with van der Waals surface area (Å²) in [4.78, 5) is 18.0. The van der Waals surface area contributed by atoms with Crippen molar-refractivity contribution >= 4 is 28.6 Å². The SMILES string of the molecule is Cc1nc(CCc2ccc(CCOC(=O)CN)s2)cs1. The molecule has 0 fully saturated rings. The fourth-order valence-electron chi connectivity index (χ4n) is 1.79. The largest absolute Gasteiger partial charge is 0.464 e. The Labute approximate surface area is 126 Å². The summed E-state index contributed by atoms with van der Waals surface area (Å²) in [6, 6.07) is 4.24. The van der Waals surface area contributed by atoms with Gasteiger partial charge in [0.1, 0.15) is 0 Å². The molecule has 0 bridgehead atoms. The molecule has 0 amide bonds. The first-order valence-electron chi connectivity index (χ1n) is 6.51. The molecular formula is C14H18N2O2S2. The molecule has 0 radical (unpaired) electrons. The lowest BCUT2D eigenvalue weighted by Crippen LogP contribution is -2.17. The number of nitrogens with zero attached hydrogens (tertiary/aromatic N) is 1. The third-order valence-electron chi connectivity index (χ3n) is 2.79. The quantitative estimate of drug-likeness (QED) is 0.797. The van der Waals surface area contributed by atoms with Gasteiger partial charge in [-0.25, -0.2) is 4.98 Å². The Balaban J connectivity index is 1.75. The van der Waals surface area contributed by atoms with Crippen LogP contribution >= 0.6 is 22.7 Å². The summed E-state index contributed by atoms with van der Waals surface area (Å²) in [5, 5.41) is 3.24. The van der Waals surface area contributed by atoms with Crippen LogP contribution in [-0.2, 0) is 28.8 Å². The van der Waals surface area contributed by atoms with E-state index in [9.17, 15) is 4.79 Å². The van der Waals surface area contributed by atoms with Gasteiger partial charge in [-0.1, -0.05) is 0 Å². The first-order chi connectivity index (χ1) is 9.67. The van der Waals surface area contributed by atoms with E-state index < -0.39 is 0 Å².